The van der Waals surface area contributed by atoms with E-state index in [1.165, 1.54) is 38.5 Å². The second-order valence-corrected chi connectivity index (χ2v) is 10.2. The number of ketones is 2. The Balaban J connectivity index is -0.000000131. The van der Waals surface area contributed by atoms with Crippen LogP contribution in [-0.2, 0) is 31.3 Å². The van der Waals surface area contributed by atoms with Crippen molar-refractivity contribution in [3.8, 4) is 0 Å². The van der Waals surface area contributed by atoms with Gasteiger partial charge in [0.25, 0.3) is 0 Å². The Morgan fingerprint density at radius 3 is 0.949 bits per heavy atom. The van der Waals surface area contributed by atoms with Crippen LogP contribution in [-0.4, -0.2) is 58.4 Å². The molecule has 4 unspecified atom stereocenters. The first-order valence-electron chi connectivity index (χ1n) is 15.7. The van der Waals surface area contributed by atoms with Crippen LogP contribution in [0.1, 0.15) is 145 Å². The van der Waals surface area contributed by atoms with E-state index in [-0.39, 0.29) is 58.3 Å². The van der Waals surface area contributed by atoms with E-state index in [4.69, 9.17) is 20.4 Å². The van der Waals surface area contributed by atoms with Crippen molar-refractivity contribution in [3.05, 3.63) is 0 Å². The van der Waals surface area contributed by atoms with Gasteiger partial charge < -0.3 is 20.4 Å². The Morgan fingerprint density at radius 2 is 0.795 bits per heavy atom. The van der Waals surface area contributed by atoms with Crippen molar-refractivity contribution in [2.75, 3.05) is 26.4 Å². The molecule has 0 aromatic heterocycles. The summed E-state index contributed by atoms with van der Waals surface area (Å²) in [4.78, 5) is 22.1. The van der Waals surface area contributed by atoms with Gasteiger partial charge in [-0.1, -0.05) is 93.9 Å². The summed E-state index contributed by atoms with van der Waals surface area (Å²) in [6, 6.07) is 0. The van der Waals surface area contributed by atoms with Gasteiger partial charge >= 0.3 is 0 Å². The summed E-state index contributed by atoms with van der Waals surface area (Å²) < 4.78 is 0. The predicted octanol–water partition coefficient (Wildman–Crippen LogP) is 7.14. The zero-order valence-corrected chi connectivity index (χ0v) is 28.7. The third-order valence-electron chi connectivity index (χ3n) is 6.93. The molecule has 0 amide bonds. The van der Waals surface area contributed by atoms with E-state index in [1.807, 2.05) is 27.7 Å². The molecule has 0 aliphatic rings. The van der Waals surface area contributed by atoms with Crippen molar-refractivity contribution in [1.29, 1.82) is 0 Å². The smallest absolute Gasteiger partial charge is 0.138 e. The third kappa shape index (κ3) is 34.0. The van der Waals surface area contributed by atoms with Crippen molar-refractivity contribution >= 4 is 11.6 Å². The van der Waals surface area contributed by atoms with Crippen LogP contribution < -0.4 is 0 Å². The van der Waals surface area contributed by atoms with Crippen molar-refractivity contribution < 1.29 is 51.7 Å². The Bertz CT molecular complexity index is 418. The molecule has 0 spiro atoms. The van der Waals surface area contributed by atoms with Gasteiger partial charge in [0, 0.05) is 59.6 Å². The van der Waals surface area contributed by atoms with Crippen LogP contribution in [0.2, 0.25) is 0 Å². The Labute approximate surface area is 258 Å². The summed E-state index contributed by atoms with van der Waals surface area (Å²) in [6.07, 6.45) is 14.2. The minimum atomic E-state index is -0.111. The van der Waals surface area contributed by atoms with Gasteiger partial charge in [0.2, 0.25) is 0 Å². The normalized spacial score (nSPS) is 13.0. The quantitative estimate of drug-likeness (QED) is 0.111. The van der Waals surface area contributed by atoms with Gasteiger partial charge in [-0.2, -0.15) is 0 Å². The van der Waals surface area contributed by atoms with Crippen molar-refractivity contribution in [1.82, 2.24) is 0 Å². The number of aliphatic hydroxyl groups is 4. The van der Waals surface area contributed by atoms with Crippen molar-refractivity contribution in [2.45, 2.75) is 145 Å². The Hall–Kier alpha value is -0.106. The minimum absolute atomic E-state index is 0. The van der Waals surface area contributed by atoms with Crippen molar-refractivity contribution in [3.63, 3.8) is 0 Å². The molecule has 39 heavy (non-hydrogen) atoms. The summed E-state index contributed by atoms with van der Waals surface area (Å²) in [7, 11) is 0. The van der Waals surface area contributed by atoms with E-state index >= 15 is 0 Å². The Kier molecular flexibility index (Phi) is 49.9. The first-order valence-corrected chi connectivity index (χ1v) is 15.7. The van der Waals surface area contributed by atoms with E-state index in [0.29, 0.717) is 37.9 Å². The molecule has 0 heterocycles. The molecule has 236 valence electrons. The van der Waals surface area contributed by atoms with Crippen LogP contribution in [0, 0.1) is 23.7 Å². The number of hydrogen-bond acceptors (Lipinski definition) is 6. The summed E-state index contributed by atoms with van der Waals surface area (Å²) in [5.74, 6) is 1.30. The fourth-order valence-corrected chi connectivity index (χ4v) is 3.65. The summed E-state index contributed by atoms with van der Waals surface area (Å²) >= 11 is 0. The molecule has 0 saturated carbocycles. The van der Waals surface area contributed by atoms with Gasteiger partial charge in [0.15, 0.2) is 0 Å². The standard InChI is InChI=1S/2C8H16O2.2C8H18O.Ti/c2*1-3-5-8(10)7(4-2)6-9;2*1-3-5-6-8(4-2)7-9;/h2*7,9H,3-6H2,1-2H3;2*8-9H,3-7H2,1-2H3;. The number of rotatable bonds is 20. The zero-order chi connectivity index (χ0) is 30.2. The molecule has 0 aromatic carbocycles. The van der Waals surface area contributed by atoms with Gasteiger partial charge in [0.1, 0.15) is 11.6 Å². The second-order valence-electron chi connectivity index (χ2n) is 10.2. The topological polar surface area (TPSA) is 115 Å². The van der Waals surface area contributed by atoms with E-state index in [0.717, 1.165) is 38.5 Å². The van der Waals surface area contributed by atoms with Crippen LogP contribution >= 0.6 is 0 Å². The molecule has 0 aliphatic carbocycles. The fraction of sp³-hybridized carbons (Fsp3) is 0.938. The summed E-state index contributed by atoms with van der Waals surface area (Å²) in [5, 5.41) is 34.9. The number of hydrogen-bond donors (Lipinski definition) is 4. The number of Topliss-reactive ketones (excluding diaryl/α,β-unsaturated/α-hetero) is 2. The van der Waals surface area contributed by atoms with Crippen LogP contribution in [0.4, 0.5) is 0 Å². The number of carbonyl (C=O) groups excluding carboxylic acids is 2. The fourth-order valence-electron chi connectivity index (χ4n) is 3.65. The number of carbonyl (C=O) groups is 2. The van der Waals surface area contributed by atoms with E-state index in [2.05, 4.69) is 27.7 Å². The molecule has 0 fully saturated rings. The molecule has 0 aliphatic heterocycles. The minimum Gasteiger partial charge on any atom is -0.396 e. The van der Waals surface area contributed by atoms with Gasteiger partial charge in [0.05, 0.1) is 13.2 Å². The molecule has 0 bridgehead atoms. The maximum Gasteiger partial charge on any atom is 0.138 e. The maximum atomic E-state index is 11.0. The van der Waals surface area contributed by atoms with Gasteiger partial charge in [-0.25, -0.2) is 0 Å². The molecule has 0 radical (unpaired) electrons. The van der Waals surface area contributed by atoms with Crippen LogP contribution in [0.3, 0.4) is 0 Å². The SMILES string of the molecule is CCCC(=O)C(CC)CO.CCCC(=O)C(CC)CO.CCCCC(CC)CO.CCCCC(CC)CO.[Ti]. The molecular formula is C32H68O6Ti. The van der Waals surface area contributed by atoms with Crippen molar-refractivity contribution in [2.24, 2.45) is 23.7 Å². The molecule has 6 nitrogen and oxygen atoms in total. The molecule has 4 N–H and O–H groups in total. The molecule has 0 aromatic rings. The average molecular weight is 597 g/mol. The molecule has 0 saturated heterocycles. The first kappa shape index (κ1) is 48.6. The third-order valence-corrected chi connectivity index (χ3v) is 6.93. The van der Waals surface area contributed by atoms with E-state index in [1.54, 1.807) is 0 Å². The molecular weight excluding hydrogens is 528 g/mol. The summed E-state index contributed by atoms with van der Waals surface area (Å²) in [5.41, 5.74) is 0. The maximum absolute atomic E-state index is 11.0. The monoisotopic (exact) mass is 596 g/mol. The van der Waals surface area contributed by atoms with Crippen LogP contribution in [0.15, 0.2) is 0 Å². The Morgan fingerprint density at radius 1 is 0.487 bits per heavy atom. The molecule has 4 atom stereocenters. The predicted molar refractivity (Wildman–Crippen MR) is 162 cm³/mol. The van der Waals surface area contributed by atoms with Crippen LogP contribution in [0.5, 0.6) is 0 Å². The number of aliphatic hydroxyl groups excluding tert-OH is 4. The average Bonchev–Trinajstić information content (AvgIpc) is 2.93. The first-order chi connectivity index (χ1) is 18.2. The second kappa shape index (κ2) is 40.0. The van der Waals surface area contributed by atoms with E-state index in [9.17, 15) is 9.59 Å². The molecule has 7 heteroatoms. The van der Waals surface area contributed by atoms with Gasteiger partial charge in [-0.15, -0.1) is 0 Å². The van der Waals surface area contributed by atoms with Gasteiger partial charge in [-0.05, 0) is 50.4 Å². The van der Waals surface area contributed by atoms with E-state index < -0.39 is 0 Å². The molecule has 0 rings (SSSR count). The summed E-state index contributed by atoms with van der Waals surface area (Å²) in [6.45, 7) is 17.2. The van der Waals surface area contributed by atoms with Gasteiger partial charge in [-0.3, -0.25) is 9.59 Å². The number of unbranched alkanes of at least 4 members (excludes halogenated alkanes) is 2. The zero-order valence-electron chi connectivity index (χ0n) is 27.1. The van der Waals surface area contributed by atoms with Crippen LogP contribution in [0.25, 0.3) is 0 Å². The largest absolute Gasteiger partial charge is 0.396 e.